The number of carbonyl (C=O) groups excluding carboxylic acids is 2. The fourth-order valence-electron chi connectivity index (χ4n) is 0.716. The van der Waals surface area contributed by atoms with Gasteiger partial charge in [0.15, 0.2) is 0 Å². The van der Waals surface area contributed by atoms with Crippen LogP contribution in [0.2, 0.25) is 0 Å². The van der Waals surface area contributed by atoms with Crippen LogP contribution in [0, 0.1) is 0 Å². The van der Waals surface area contributed by atoms with Crippen molar-refractivity contribution in [2.75, 3.05) is 0 Å². The van der Waals surface area contributed by atoms with Crippen molar-refractivity contribution in [3.05, 3.63) is 0 Å². The van der Waals surface area contributed by atoms with Crippen molar-refractivity contribution in [2.24, 2.45) is 5.73 Å². The molecule has 11 nitrogen and oxygen atoms in total. The molecule has 18 heavy (non-hydrogen) atoms. The highest BCUT2D eigenvalue weighted by molar-refractivity contribution is 7.81. The Morgan fingerprint density at radius 1 is 1.06 bits per heavy atom. The van der Waals surface area contributed by atoms with Gasteiger partial charge in [-0.15, -0.1) is 0 Å². The standard InChI is InChI=1S/C5H9NO10S2/c6-3(5(8)16-18(12,13)14)1-2-4(7)15-17(9,10)11/h3H,1-2,6H2,(H,9,10,11)(H,12,13,14)/t3-/m0/s1. The normalized spacial score (nSPS) is 13.7. The first-order valence-corrected chi connectivity index (χ1v) is 6.80. The summed E-state index contributed by atoms with van der Waals surface area (Å²) in [6.07, 6.45) is -1.23. The summed E-state index contributed by atoms with van der Waals surface area (Å²) >= 11 is 0. The maximum atomic E-state index is 10.9. The third kappa shape index (κ3) is 8.82. The SMILES string of the molecule is N[C@@H](CCC(=O)OS(=O)(=O)O)C(=O)OS(=O)(=O)O. The molecule has 106 valence electrons. The van der Waals surface area contributed by atoms with Gasteiger partial charge < -0.3 is 14.1 Å². The van der Waals surface area contributed by atoms with E-state index < -0.39 is 51.6 Å². The van der Waals surface area contributed by atoms with Crippen LogP contribution in [-0.2, 0) is 38.8 Å². The number of hydrogen-bond acceptors (Lipinski definition) is 9. The molecule has 0 aromatic carbocycles. The van der Waals surface area contributed by atoms with Gasteiger partial charge in [0.25, 0.3) is 0 Å². The smallest absolute Gasteiger partial charge is 0.325 e. The Labute approximate surface area is 102 Å². The highest BCUT2D eigenvalue weighted by Gasteiger charge is 2.23. The van der Waals surface area contributed by atoms with Gasteiger partial charge in [0.1, 0.15) is 6.04 Å². The molecule has 0 heterocycles. The Kier molecular flexibility index (Phi) is 5.62. The summed E-state index contributed by atoms with van der Waals surface area (Å²) < 4.78 is 63.6. The lowest BCUT2D eigenvalue weighted by molar-refractivity contribution is -0.137. The molecule has 0 rings (SSSR count). The lowest BCUT2D eigenvalue weighted by Gasteiger charge is -2.07. The third-order valence-corrected chi connectivity index (χ3v) is 2.12. The second-order valence-corrected chi connectivity index (χ2v) is 4.90. The van der Waals surface area contributed by atoms with Gasteiger partial charge in [0.2, 0.25) is 0 Å². The minimum absolute atomic E-state index is 0.525. The molecule has 0 saturated carbocycles. The molecule has 0 fully saturated rings. The van der Waals surface area contributed by atoms with E-state index in [-0.39, 0.29) is 0 Å². The van der Waals surface area contributed by atoms with Gasteiger partial charge in [0.05, 0.1) is 0 Å². The number of hydrogen-bond donors (Lipinski definition) is 3. The lowest BCUT2D eigenvalue weighted by Crippen LogP contribution is -2.34. The molecule has 4 N–H and O–H groups in total. The zero-order valence-electron chi connectivity index (χ0n) is 8.55. The summed E-state index contributed by atoms with van der Waals surface area (Å²) in [7, 11) is -9.98. The Morgan fingerprint density at radius 3 is 1.89 bits per heavy atom. The molecule has 0 aliphatic carbocycles. The molecule has 0 aliphatic heterocycles. The second kappa shape index (κ2) is 6.05. The summed E-state index contributed by atoms with van der Waals surface area (Å²) in [5, 5.41) is 0. The molecular weight excluding hydrogens is 298 g/mol. The van der Waals surface area contributed by atoms with E-state index in [0.717, 1.165) is 0 Å². The lowest BCUT2D eigenvalue weighted by atomic mass is 10.2. The predicted octanol–water partition coefficient (Wildman–Crippen LogP) is -2.21. The highest BCUT2D eigenvalue weighted by atomic mass is 32.3. The van der Waals surface area contributed by atoms with Crippen LogP contribution in [0.3, 0.4) is 0 Å². The zero-order valence-corrected chi connectivity index (χ0v) is 10.2. The summed E-state index contributed by atoms with van der Waals surface area (Å²) in [5.41, 5.74) is 5.07. The molecular formula is C5H9NO10S2. The van der Waals surface area contributed by atoms with Crippen LogP contribution >= 0.6 is 0 Å². The number of rotatable bonds is 6. The first-order valence-electron chi connectivity index (χ1n) is 4.07. The van der Waals surface area contributed by atoms with Crippen molar-refractivity contribution in [3.8, 4) is 0 Å². The van der Waals surface area contributed by atoms with Crippen molar-refractivity contribution in [1.29, 1.82) is 0 Å². The summed E-state index contributed by atoms with van der Waals surface area (Å²) in [4.78, 5) is 21.6. The maximum Gasteiger partial charge on any atom is 0.449 e. The summed E-state index contributed by atoms with van der Waals surface area (Å²) in [6.45, 7) is 0. The van der Waals surface area contributed by atoms with E-state index in [9.17, 15) is 26.4 Å². The average Bonchev–Trinajstić information content (AvgIpc) is 2.08. The molecule has 0 aromatic rings. The topological polar surface area (TPSA) is 187 Å². The van der Waals surface area contributed by atoms with Crippen molar-refractivity contribution >= 4 is 32.7 Å². The Bertz CT molecular complexity index is 518. The van der Waals surface area contributed by atoms with Crippen LogP contribution < -0.4 is 5.73 Å². The van der Waals surface area contributed by atoms with Crippen molar-refractivity contribution in [2.45, 2.75) is 18.9 Å². The van der Waals surface area contributed by atoms with Crippen molar-refractivity contribution in [1.82, 2.24) is 0 Å². The molecule has 13 heteroatoms. The highest BCUT2D eigenvalue weighted by Crippen LogP contribution is 2.02. The largest absolute Gasteiger partial charge is 0.449 e. The van der Waals surface area contributed by atoms with Gasteiger partial charge >= 0.3 is 32.7 Å². The second-order valence-electron chi connectivity index (χ2n) is 2.86. The molecule has 1 atom stereocenters. The maximum absolute atomic E-state index is 10.9. The van der Waals surface area contributed by atoms with E-state index in [1.807, 2.05) is 0 Å². The first-order chi connectivity index (χ1) is 7.91. The minimum Gasteiger partial charge on any atom is -0.325 e. The fraction of sp³-hybridized carbons (Fsp3) is 0.600. The molecule has 0 aromatic heterocycles. The molecule has 0 amide bonds. The van der Waals surface area contributed by atoms with Crippen LogP contribution in [0.4, 0.5) is 0 Å². The zero-order chi connectivity index (χ0) is 14.6. The molecule has 0 spiro atoms. The van der Waals surface area contributed by atoms with Gasteiger partial charge in [-0.05, 0) is 6.42 Å². The van der Waals surface area contributed by atoms with Crippen LogP contribution in [-0.4, -0.2) is 43.9 Å². The average molecular weight is 307 g/mol. The van der Waals surface area contributed by atoms with Gasteiger partial charge in [-0.1, -0.05) is 0 Å². The molecule has 0 radical (unpaired) electrons. The van der Waals surface area contributed by atoms with Gasteiger partial charge in [0, 0.05) is 6.42 Å². The first kappa shape index (κ1) is 16.7. The van der Waals surface area contributed by atoms with Crippen LogP contribution in [0.1, 0.15) is 12.8 Å². The minimum atomic E-state index is -5.02. The van der Waals surface area contributed by atoms with Gasteiger partial charge in [-0.3, -0.25) is 13.9 Å². The fourth-order valence-corrected chi connectivity index (χ4v) is 1.37. The van der Waals surface area contributed by atoms with Crippen molar-refractivity contribution < 1.29 is 43.9 Å². The van der Waals surface area contributed by atoms with E-state index in [4.69, 9.17) is 14.8 Å². The molecule has 0 saturated heterocycles. The molecule has 0 unspecified atom stereocenters. The van der Waals surface area contributed by atoms with E-state index in [1.54, 1.807) is 0 Å². The van der Waals surface area contributed by atoms with E-state index in [0.29, 0.717) is 0 Å². The van der Waals surface area contributed by atoms with Crippen LogP contribution in [0.5, 0.6) is 0 Å². The van der Waals surface area contributed by atoms with E-state index >= 15 is 0 Å². The van der Waals surface area contributed by atoms with Crippen molar-refractivity contribution in [3.63, 3.8) is 0 Å². The third-order valence-electron chi connectivity index (χ3n) is 1.35. The van der Waals surface area contributed by atoms with Crippen LogP contribution in [0.25, 0.3) is 0 Å². The summed E-state index contributed by atoms with van der Waals surface area (Å²) in [6, 6.07) is -1.61. The van der Waals surface area contributed by atoms with Crippen LogP contribution in [0.15, 0.2) is 0 Å². The Hall–Kier alpha value is -1.28. The Balaban J connectivity index is 4.23. The summed E-state index contributed by atoms with van der Waals surface area (Å²) in [5.74, 6) is -2.95. The van der Waals surface area contributed by atoms with Gasteiger partial charge in [-0.25, -0.2) is 4.79 Å². The number of carbonyl (C=O) groups is 2. The van der Waals surface area contributed by atoms with E-state index in [2.05, 4.69) is 8.37 Å². The Morgan fingerprint density at radius 2 is 1.50 bits per heavy atom. The van der Waals surface area contributed by atoms with Gasteiger partial charge in [-0.2, -0.15) is 16.8 Å². The monoisotopic (exact) mass is 307 g/mol. The molecule has 0 bridgehead atoms. The predicted molar refractivity (Wildman–Crippen MR) is 52.5 cm³/mol. The number of nitrogens with two attached hydrogens (primary N) is 1. The van der Waals surface area contributed by atoms with E-state index in [1.165, 1.54) is 0 Å². The quantitative estimate of drug-likeness (QED) is 0.451. The molecule has 0 aliphatic rings.